The van der Waals surface area contributed by atoms with Crippen LogP contribution in [0, 0.1) is 50.7 Å². The number of aliphatic carboxylic acids is 1. The highest BCUT2D eigenvalue weighted by molar-refractivity contribution is 5.85. The van der Waals surface area contributed by atoms with E-state index >= 15 is 0 Å². The zero-order valence-corrected chi connectivity index (χ0v) is 22.8. The molecule has 0 aromatic rings. The second-order valence-electron chi connectivity index (χ2n) is 14.7. The van der Waals surface area contributed by atoms with Crippen molar-refractivity contribution in [2.75, 3.05) is 0 Å². The van der Waals surface area contributed by atoms with Crippen LogP contribution in [-0.4, -0.2) is 38.8 Å². The first-order chi connectivity index (χ1) is 16.0. The van der Waals surface area contributed by atoms with Crippen LogP contribution < -0.4 is 0 Å². The van der Waals surface area contributed by atoms with E-state index in [0.29, 0.717) is 19.3 Å². The predicted molar refractivity (Wildman–Crippen MR) is 134 cm³/mol. The maximum atomic E-state index is 13.1. The fourth-order valence-electron chi connectivity index (χ4n) is 10.8. The molecule has 0 saturated heterocycles. The van der Waals surface area contributed by atoms with Crippen molar-refractivity contribution in [1.82, 2.24) is 0 Å². The van der Waals surface area contributed by atoms with Gasteiger partial charge in [0.05, 0.1) is 11.0 Å². The van der Waals surface area contributed by atoms with Gasteiger partial charge >= 0.3 is 5.97 Å². The maximum absolute atomic E-state index is 13.1. The molecule has 0 heterocycles. The molecule has 10 atom stereocenters. The molecule has 196 valence electrons. The van der Waals surface area contributed by atoms with Crippen LogP contribution in [0.1, 0.15) is 99.8 Å². The largest absolute Gasteiger partial charge is 0.481 e. The van der Waals surface area contributed by atoms with Crippen molar-refractivity contribution in [2.45, 2.75) is 112 Å². The van der Waals surface area contributed by atoms with Crippen LogP contribution in [0.15, 0.2) is 11.6 Å². The van der Waals surface area contributed by atoms with E-state index in [-0.39, 0.29) is 45.7 Å². The molecule has 3 N–H and O–H groups in total. The molecule has 4 saturated carbocycles. The third kappa shape index (κ3) is 2.83. The van der Waals surface area contributed by atoms with Gasteiger partial charge in [0.25, 0.3) is 0 Å². The van der Waals surface area contributed by atoms with Gasteiger partial charge in [-0.3, -0.25) is 9.59 Å². The van der Waals surface area contributed by atoms with Crippen molar-refractivity contribution < 1.29 is 24.9 Å². The second kappa shape index (κ2) is 7.22. The van der Waals surface area contributed by atoms with Crippen LogP contribution in [0.3, 0.4) is 0 Å². The Morgan fingerprint density at radius 1 is 0.971 bits per heavy atom. The summed E-state index contributed by atoms with van der Waals surface area (Å²) >= 11 is 0. The van der Waals surface area contributed by atoms with E-state index in [4.69, 9.17) is 0 Å². The molecule has 0 unspecified atom stereocenters. The van der Waals surface area contributed by atoms with Crippen LogP contribution in [0.4, 0.5) is 0 Å². The number of carboxylic acids is 1. The number of hydrogen-bond donors (Lipinski definition) is 3. The number of carboxylic acid groups (broad SMARTS) is 1. The molecule has 5 aliphatic rings. The molecule has 35 heavy (non-hydrogen) atoms. The minimum atomic E-state index is -1.07. The molecular weight excluding hydrogens is 440 g/mol. The molecule has 5 nitrogen and oxygen atoms in total. The molecule has 0 amide bonds. The molecule has 0 aromatic heterocycles. The molecule has 5 heteroatoms. The predicted octanol–water partition coefficient (Wildman–Crippen LogP) is 5.38. The normalized spacial score (nSPS) is 55.1. The SMILES string of the molecule is C[C@@H]1CC[C@@]2(C(=O)O)CC[C@@]3(C)C(=CC[C@@H]4[C@@]5(C)CC(=O)[C@@H](O)C(C)(C)[C@@H]5CC[C@@]43C)[C@@H]2[C@@]1(C)O. The van der Waals surface area contributed by atoms with E-state index in [1.807, 2.05) is 6.92 Å². The van der Waals surface area contributed by atoms with E-state index in [2.05, 4.69) is 47.6 Å². The minimum absolute atomic E-state index is 0.0319. The molecule has 5 aliphatic carbocycles. The van der Waals surface area contributed by atoms with E-state index in [1.165, 1.54) is 5.57 Å². The van der Waals surface area contributed by atoms with E-state index in [9.17, 15) is 24.9 Å². The van der Waals surface area contributed by atoms with Crippen LogP contribution in [-0.2, 0) is 9.59 Å². The summed E-state index contributed by atoms with van der Waals surface area (Å²) in [6.07, 6.45) is 7.35. The Bertz CT molecular complexity index is 995. The van der Waals surface area contributed by atoms with Crippen LogP contribution >= 0.6 is 0 Å². The lowest BCUT2D eigenvalue weighted by Crippen LogP contribution is -2.68. The van der Waals surface area contributed by atoms with Gasteiger partial charge in [-0.1, -0.05) is 53.2 Å². The lowest BCUT2D eigenvalue weighted by atomic mass is 9.33. The molecule has 0 radical (unpaired) electrons. The zero-order chi connectivity index (χ0) is 26.0. The average molecular weight is 487 g/mol. The van der Waals surface area contributed by atoms with Crippen LogP contribution in [0.25, 0.3) is 0 Å². The van der Waals surface area contributed by atoms with Gasteiger partial charge in [0, 0.05) is 17.8 Å². The van der Waals surface area contributed by atoms with Gasteiger partial charge in [-0.05, 0) is 85.9 Å². The summed E-state index contributed by atoms with van der Waals surface area (Å²) in [6, 6.07) is 0. The summed E-state index contributed by atoms with van der Waals surface area (Å²) in [4.78, 5) is 25.9. The Balaban J connectivity index is 1.65. The first-order valence-electron chi connectivity index (χ1n) is 13.9. The summed E-state index contributed by atoms with van der Waals surface area (Å²) in [5.41, 5.74) is -1.78. The van der Waals surface area contributed by atoms with Crippen molar-refractivity contribution >= 4 is 11.8 Å². The number of Topliss-reactive ketones (excluding diaryl/α,β-unsaturated/α-hetero) is 1. The highest BCUT2D eigenvalue weighted by Crippen LogP contribution is 2.75. The third-order valence-corrected chi connectivity index (χ3v) is 13.2. The van der Waals surface area contributed by atoms with E-state index in [1.54, 1.807) is 0 Å². The smallest absolute Gasteiger partial charge is 0.310 e. The number of hydrogen-bond acceptors (Lipinski definition) is 4. The number of ketones is 1. The first-order valence-corrected chi connectivity index (χ1v) is 13.9. The number of allylic oxidation sites excluding steroid dienone is 1. The van der Waals surface area contributed by atoms with Gasteiger partial charge in [-0.2, -0.15) is 0 Å². The van der Waals surface area contributed by atoms with Crippen LogP contribution in [0.5, 0.6) is 0 Å². The Labute approximate surface area is 210 Å². The molecule has 5 rings (SSSR count). The first kappa shape index (κ1) is 25.4. The van der Waals surface area contributed by atoms with Crippen molar-refractivity contribution in [1.29, 1.82) is 0 Å². The topological polar surface area (TPSA) is 94.8 Å². The molecule has 4 fully saturated rings. The van der Waals surface area contributed by atoms with Gasteiger partial charge in [0.1, 0.15) is 6.10 Å². The summed E-state index contributed by atoms with van der Waals surface area (Å²) in [5.74, 6) is -0.588. The van der Waals surface area contributed by atoms with Crippen LogP contribution in [0.2, 0.25) is 0 Å². The van der Waals surface area contributed by atoms with Gasteiger partial charge < -0.3 is 15.3 Å². The zero-order valence-electron chi connectivity index (χ0n) is 22.8. The molecule has 0 aromatic carbocycles. The van der Waals surface area contributed by atoms with Crippen molar-refractivity contribution in [3.05, 3.63) is 11.6 Å². The quantitative estimate of drug-likeness (QED) is 0.432. The molecule has 0 bridgehead atoms. The summed E-state index contributed by atoms with van der Waals surface area (Å²) in [7, 11) is 0. The van der Waals surface area contributed by atoms with Gasteiger partial charge in [0.2, 0.25) is 0 Å². The highest BCUT2D eigenvalue weighted by atomic mass is 16.4. The van der Waals surface area contributed by atoms with E-state index < -0.39 is 28.5 Å². The number of rotatable bonds is 1. The highest BCUT2D eigenvalue weighted by Gasteiger charge is 2.71. The molecule has 0 spiro atoms. The Hall–Kier alpha value is -1.20. The van der Waals surface area contributed by atoms with Crippen molar-refractivity contribution in [2.24, 2.45) is 50.7 Å². The van der Waals surface area contributed by atoms with E-state index in [0.717, 1.165) is 32.1 Å². The second-order valence-corrected chi connectivity index (χ2v) is 14.7. The summed E-state index contributed by atoms with van der Waals surface area (Å²) < 4.78 is 0. The Morgan fingerprint density at radius 3 is 2.26 bits per heavy atom. The number of fused-ring (bicyclic) bond motifs is 7. The van der Waals surface area contributed by atoms with Crippen molar-refractivity contribution in [3.8, 4) is 0 Å². The Morgan fingerprint density at radius 2 is 1.63 bits per heavy atom. The number of carbonyl (C=O) groups is 2. The fourth-order valence-corrected chi connectivity index (χ4v) is 10.8. The number of carbonyl (C=O) groups excluding carboxylic acids is 1. The average Bonchev–Trinajstić information content (AvgIpc) is 2.75. The van der Waals surface area contributed by atoms with Gasteiger partial charge in [0.15, 0.2) is 5.78 Å². The molecular formula is C30H46O5. The Kier molecular flexibility index (Phi) is 5.25. The molecule has 0 aliphatic heterocycles. The number of aliphatic hydroxyl groups excluding tert-OH is 1. The number of aliphatic hydroxyl groups is 2. The van der Waals surface area contributed by atoms with Crippen molar-refractivity contribution in [3.63, 3.8) is 0 Å². The third-order valence-electron chi connectivity index (χ3n) is 13.2. The minimum Gasteiger partial charge on any atom is -0.481 e. The van der Waals surface area contributed by atoms with Gasteiger partial charge in [-0.25, -0.2) is 0 Å². The monoisotopic (exact) mass is 486 g/mol. The fraction of sp³-hybridized carbons (Fsp3) is 0.867. The summed E-state index contributed by atoms with van der Waals surface area (Å²) in [5, 5.41) is 33.2. The lowest BCUT2D eigenvalue weighted by Gasteiger charge is -2.71. The standard InChI is InChI=1S/C30H46O5/c1-17-10-13-30(24(33)34)15-14-27(5)18(22(30)29(17,7)35)8-9-21-26(4)16-19(31)23(32)25(2,3)20(26)11-12-28(21,27)6/h8,17,20-23,32,35H,9-16H2,1-7H3,(H,33,34)/t17-,20+,21-,22-,23-,26+,27+,28+,29+,30-/m1/s1. The lowest BCUT2D eigenvalue weighted by molar-refractivity contribution is -0.215. The summed E-state index contributed by atoms with van der Waals surface area (Å²) in [6.45, 7) is 15.1. The maximum Gasteiger partial charge on any atom is 0.310 e. The van der Waals surface area contributed by atoms with Gasteiger partial charge in [-0.15, -0.1) is 0 Å².